The summed E-state index contributed by atoms with van der Waals surface area (Å²) in [4.78, 5) is 22.3. The van der Waals surface area contributed by atoms with E-state index in [0.29, 0.717) is 0 Å². The van der Waals surface area contributed by atoms with E-state index in [1.807, 2.05) is 0 Å². The molecule has 0 radical (unpaired) electrons. The molecule has 0 amide bonds. The number of fused-ring (bicyclic) bond motifs is 5. The van der Waals surface area contributed by atoms with Crippen LogP contribution >= 0.6 is 0 Å². The molecule has 16 heavy (non-hydrogen) atoms. The number of aliphatic carboxylic acids is 2. The van der Waals surface area contributed by atoms with Crippen molar-refractivity contribution in [2.24, 2.45) is 11.8 Å². The van der Waals surface area contributed by atoms with Crippen LogP contribution in [0.3, 0.4) is 0 Å². The molecule has 3 aliphatic heterocycles. The summed E-state index contributed by atoms with van der Waals surface area (Å²) in [6.45, 7) is 3.42. The Morgan fingerprint density at radius 2 is 1.69 bits per heavy atom. The van der Waals surface area contributed by atoms with Gasteiger partial charge in [-0.15, -0.1) is 0 Å². The van der Waals surface area contributed by atoms with Crippen LogP contribution in [0.2, 0.25) is 0 Å². The first-order valence-corrected chi connectivity index (χ1v) is 5.14. The molecule has 6 nitrogen and oxygen atoms in total. The van der Waals surface area contributed by atoms with Crippen LogP contribution in [0, 0.1) is 11.8 Å². The first kappa shape index (κ1) is 10.0. The van der Waals surface area contributed by atoms with Crippen molar-refractivity contribution in [1.82, 2.24) is 0 Å². The van der Waals surface area contributed by atoms with Gasteiger partial charge in [0, 0.05) is 0 Å². The lowest BCUT2D eigenvalue weighted by Gasteiger charge is -2.32. The van der Waals surface area contributed by atoms with E-state index in [0.717, 1.165) is 0 Å². The summed E-state index contributed by atoms with van der Waals surface area (Å²) in [5.74, 6) is -4.31. The van der Waals surface area contributed by atoms with Gasteiger partial charge < -0.3 is 19.7 Å². The summed E-state index contributed by atoms with van der Waals surface area (Å²) in [6, 6.07) is 0. The van der Waals surface area contributed by atoms with Crippen molar-refractivity contribution in [3.63, 3.8) is 0 Å². The first-order valence-electron chi connectivity index (χ1n) is 5.14. The van der Waals surface area contributed by atoms with Crippen molar-refractivity contribution in [3.8, 4) is 0 Å². The summed E-state index contributed by atoms with van der Waals surface area (Å²) < 4.78 is 11.0. The van der Waals surface area contributed by atoms with Gasteiger partial charge in [0.1, 0.15) is 35.2 Å². The molecule has 3 fully saturated rings. The van der Waals surface area contributed by atoms with E-state index >= 15 is 0 Å². The van der Waals surface area contributed by atoms with Crippen molar-refractivity contribution in [1.29, 1.82) is 0 Å². The molecule has 3 aliphatic rings. The largest absolute Gasteiger partial charge is 0.481 e. The molecule has 2 N–H and O–H groups in total. The standard InChI is InChI=1S/C10H12O6/c1-9-4(8(13)14)3(7(11)12)5(15-9)6-10(9,2)16-6/h3-6H,1-2H3,(H,11,12)(H,13,14)/t3-,4-,5-,6-,9+,10-/m0/s1. The number of ether oxygens (including phenoxy) is 2. The fraction of sp³-hybridized carbons (Fsp3) is 0.800. The Labute approximate surface area is 91.1 Å². The second-order valence-corrected chi connectivity index (χ2v) is 5.01. The maximum atomic E-state index is 11.2. The summed E-state index contributed by atoms with van der Waals surface area (Å²) in [5.41, 5.74) is -1.66. The highest BCUT2D eigenvalue weighted by molar-refractivity contribution is 5.84. The van der Waals surface area contributed by atoms with Crippen LogP contribution in [0.25, 0.3) is 0 Å². The fourth-order valence-corrected chi connectivity index (χ4v) is 3.32. The maximum absolute atomic E-state index is 11.2. The van der Waals surface area contributed by atoms with Gasteiger partial charge in [0.2, 0.25) is 0 Å². The predicted molar refractivity (Wildman–Crippen MR) is 48.8 cm³/mol. The van der Waals surface area contributed by atoms with Gasteiger partial charge in [-0.2, -0.15) is 0 Å². The Balaban J connectivity index is 2.08. The van der Waals surface area contributed by atoms with Gasteiger partial charge in [-0.1, -0.05) is 0 Å². The maximum Gasteiger partial charge on any atom is 0.310 e. The van der Waals surface area contributed by atoms with E-state index in [4.69, 9.17) is 14.6 Å². The van der Waals surface area contributed by atoms with Gasteiger partial charge in [0.25, 0.3) is 0 Å². The minimum Gasteiger partial charge on any atom is -0.481 e. The van der Waals surface area contributed by atoms with E-state index in [1.54, 1.807) is 13.8 Å². The van der Waals surface area contributed by atoms with Crippen molar-refractivity contribution in [2.45, 2.75) is 37.3 Å². The molecule has 0 aromatic heterocycles. The molecule has 88 valence electrons. The van der Waals surface area contributed by atoms with E-state index in [2.05, 4.69) is 0 Å². The predicted octanol–water partition coefficient (Wildman–Crippen LogP) is -0.283. The Morgan fingerprint density at radius 1 is 1.06 bits per heavy atom. The van der Waals surface area contributed by atoms with E-state index in [9.17, 15) is 14.7 Å². The van der Waals surface area contributed by atoms with Crippen LogP contribution in [0.5, 0.6) is 0 Å². The SMILES string of the molecule is C[C@]12O[C@H]1[C@H]1O[C@]2(C)[C@H](C(=O)O)[C@@H]1C(=O)O. The number of hydrogen-bond donors (Lipinski definition) is 2. The summed E-state index contributed by atoms with van der Waals surface area (Å²) in [6.07, 6.45) is -0.900. The van der Waals surface area contributed by atoms with Crippen molar-refractivity contribution >= 4 is 11.9 Å². The normalized spacial score (nSPS) is 57.1. The third kappa shape index (κ3) is 0.790. The number of rotatable bonds is 2. The molecular formula is C10H12O6. The second kappa shape index (κ2) is 2.41. The van der Waals surface area contributed by atoms with Crippen LogP contribution in [-0.4, -0.2) is 45.6 Å². The van der Waals surface area contributed by atoms with Crippen LogP contribution in [0.1, 0.15) is 13.8 Å². The Morgan fingerprint density at radius 3 is 2.19 bits per heavy atom. The zero-order chi connectivity index (χ0) is 11.9. The average Bonchev–Trinajstić information content (AvgIpc) is 2.67. The summed E-state index contributed by atoms with van der Waals surface area (Å²) in [5, 5.41) is 18.3. The third-order valence-corrected chi connectivity index (χ3v) is 4.38. The van der Waals surface area contributed by atoms with Crippen molar-refractivity contribution < 1.29 is 29.3 Å². The van der Waals surface area contributed by atoms with Crippen LogP contribution in [0.4, 0.5) is 0 Å². The molecule has 0 aliphatic carbocycles. The second-order valence-electron chi connectivity index (χ2n) is 5.01. The molecule has 0 unspecified atom stereocenters. The van der Waals surface area contributed by atoms with Gasteiger partial charge in [0.05, 0.1) is 0 Å². The lowest BCUT2D eigenvalue weighted by atomic mass is 9.67. The summed E-state index contributed by atoms with van der Waals surface area (Å²) in [7, 11) is 0. The van der Waals surface area contributed by atoms with Gasteiger partial charge in [-0.25, -0.2) is 0 Å². The molecule has 3 rings (SSSR count). The van der Waals surface area contributed by atoms with Gasteiger partial charge in [0.15, 0.2) is 0 Å². The molecule has 2 bridgehead atoms. The van der Waals surface area contributed by atoms with E-state index in [-0.39, 0.29) is 6.10 Å². The van der Waals surface area contributed by atoms with Crippen LogP contribution in [0.15, 0.2) is 0 Å². The first-order chi connectivity index (χ1) is 7.33. The molecule has 6 heteroatoms. The molecule has 0 aromatic carbocycles. The Kier molecular flexibility index (Phi) is 1.51. The van der Waals surface area contributed by atoms with Crippen molar-refractivity contribution in [3.05, 3.63) is 0 Å². The van der Waals surface area contributed by atoms with Gasteiger partial charge in [-0.3, -0.25) is 9.59 Å². The quantitative estimate of drug-likeness (QED) is 0.631. The lowest BCUT2D eigenvalue weighted by molar-refractivity contribution is -0.157. The van der Waals surface area contributed by atoms with E-state index < -0.39 is 41.1 Å². The zero-order valence-corrected chi connectivity index (χ0v) is 8.84. The Hall–Kier alpha value is -1.14. The number of epoxide rings is 1. The molecule has 0 spiro atoms. The highest BCUT2D eigenvalue weighted by Gasteiger charge is 2.84. The molecule has 3 heterocycles. The number of carbonyl (C=O) groups is 2. The van der Waals surface area contributed by atoms with Gasteiger partial charge >= 0.3 is 11.9 Å². The van der Waals surface area contributed by atoms with Crippen LogP contribution in [-0.2, 0) is 19.1 Å². The number of carboxylic acid groups (broad SMARTS) is 2. The fourth-order valence-electron chi connectivity index (χ4n) is 3.32. The van der Waals surface area contributed by atoms with Crippen molar-refractivity contribution in [2.75, 3.05) is 0 Å². The minimum absolute atomic E-state index is 0.269. The summed E-state index contributed by atoms with van der Waals surface area (Å²) >= 11 is 0. The monoisotopic (exact) mass is 228 g/mol. The molecule has 3 saturated heterocycles. The smallest absolute Gasteiger partial charge is 0.310 e. The average molecular weight is 228 g/mol. The molecule has 6 atom stereocenters. The van der Waals surface area contributed by atoms with Gasteiger partial charge in [-0.05, 0) is 13.8 Å². The molecular weight excluding hydrogens is 216 g/mol. The van der Waals surface area contributed by atoms with E-state index in [1.165, 1.54) is 0 Å². The van der Waals surface area contributed by atoms with Crippen LogP contribution < -0.4 is 0 Å². The highest BCUT2D eigenvalue weighted by Crippen LogP contribution is 2.66. The zero-order valence-electron chi connectivity index (χ0n) is 8.84. The lowest BCUT2D eigenvalue weighted by Crippen LogP contribution is -2.52. The minimum atomic E-state index is -1.13. The highest BCUT2D eigenvalue weighted by atomic mass is 16.7. The molecule has 0 aromatic rings. The molecule has 0 saturated carbocycles. The number of carboxylic acids is 2. The third-order valence-electron chi connectivity index (χ3n) is 4.38. The number of hydrogen-bond acceptors (Lipinski definition) is 4. The topological polar surface area (TPSA) is 96.4 Å². The Bertz CT molecular complexity index is 406.